The Bertz CT molecular complexity index is 541. The Labute approximate surface area is 99.7 Å². The molecule has 0 saturated carbocycles. The molecule has 1 saturated heterocycles. The SMILES string of the molecule is Cc1cc2ncc(C3CCNCC3)n2cc1F. The Morgan fingerprint density at radius 3 is 2.94 bits per heavy atom. The molecule has 1 N–H and O–H groups in total. The Kier molecular flexibility index (Phi) is 2.59. The van der Waals surface area contributed by atoms with E-state index in [0.29, 0.717) is 11.5 Å². The fourth-order valence-corrected chi connectivity index (χ4v) is 2.53. The number of piperidine rings is 1. The minimum Gasteiger partial charge on any atom is -0.317 e. The van der Waals surface area contributed by atoms with Gasteiger partial charge in [-0.15, -0.1) is 0 Å². The van der Waals surface area contributed by atoms with Gasteiger partial charge in [0.2, 0.25) is 0 Å². The second kappa shape index (κ2) is 4.11. The van der Waals surface area contributed by atoms with Gasteiger partial charge < -0.3 is 9.72 Å². The lowest BCUT2D eigenvalue weighted by Crippen LogP contribution is -2.27. The lowest BCUT2D eigenvalue weighted by Gasteiger charge is -2.22. The molecule has 0 spiro atoms. The molecule has 0 bridgehead atoms. The predicted molar refractivity (Wildman–Crippen MR) is 64.7 cm³/mol. The first-order valence-electron chi connectivity index (χ1n) is 6.09. The molecule has 2 aromatic heterocycles. The highest BCUT2D eigenvalue weighted by molar-refractivity contribution is 5.44. The fraction of sp³-hybridized carbons (Fsp3) is 0.462. The van der Waals surface area contributed by atoms with E-state index in [1.54, 1.807) is 19.2 Å². The van der Waals surface area contributed by atoms with Gasteiger partial charge in [0.15, 0.2) is 0 Å². The Balaban J connectivity index is 2.07. The molecule has 3 nitrogen and oxygen atoms in total. The monoisotopic (exact) mass is 233 g/mol. The van der Waals surface area contributed by atoms with Crippen LogP contribution < -0.4 is 5.32 Å². The lowest BCUT2D eigenvalue weighted by molar-refractivity contribution is 0.451. The third-order valence-corrected chi connectivity index (χ3v) is 3.58. The molecule has 3 heterocycles. The second-order valence-corrected chi connectivity index (χ2v) is 4.74. The highest BCUT2D eigenvalue weighted by Crippen LogP contribution is 2.26. The lowest BCUT2D eigenvalue weighted by atomic mass is 9.95. The molecule has 0 aliphatic carbocycles. The molecule has 1 aliphatic rings. The van der Waals surface area contributed by atoms with Gasteiger partial charge in [-0.3, -0.25) is 0 Å². The maximum Gasteiger partial charge on any atom is 0.142 e. The molecule has 1 fully saturated rings. The number of aryl methyl sites for hydroxylation is 1. The number of hydrogen-bond donors (Lipinski definition) is 1. The highest BCUT2D eigenvalue weighted by Gasteiger charge is 2.19. The summed E-state index contributed by atoms with van der Waals surface area (Å²) >= 11 is 0. The molecular formula is C13H16FN3. The number of nitrogens with one attached hydrogen (secondary N) is 1. The van der Waals surface area contributed by atoms with Crippen molar-refractivity contribution in [3.8, 4) is 0 Å². The van der Waals surface area contributed by atoms with Gasteiger partial charge in [0.25, 0.3) is 0 Å². The van der Waals surface area contributed by atoms with Crippen molar-refractivity contribution in [2.24, 2.45) is 0 Å². The zero-order chi connectivity index (χ0) is 11.8. The van der Waals surface area contributed by atoms with E-state index >= 15 is 0 Å². The summed E-state index contributed by atoms with van der Waals surface area (Å²) in [6.45, 7) is 3.84. The molecule has 2 aromatic rings. The van der Waals surface area contributed by atoms with E-state index in [1.165, 1.54) is 0 Å². The van der Waals surface area contributed by atoms with Crippen molar-refractivity contribution >= 4 is 5.65 Å². The van der Waals surface area contributed by atoms with Gasteiger partial charge in [-0.1, -0.05) is 0 Å². The maximum atomic E-state index is 13.6. The Morgan fingerprint density at radius 1 is 1.41 bits per heavy atom. The zero-order valence-corrected chi connectivity index (χ0v) is 9.91. The van der Waals surface area contributed by atoms with Crippen LogP contribution in [0.1, 0.15) is 30.0 Å². The van der Waals surface area contributed by atoms with Gasteiger partial charge in [0.1, 0.15) is 11.5 Å². The number of nitrogens with zero attached hydrogens (tertiary/aromatic N) is 2. The van der Waals surface area contributed by atoms with Crippen molar-refractivity contribution in [1.29, 1.82) is 0 Å². The quantitative estimate of drug-likeness (QED) is 0.818. The number of halogens is 1. The molecule has 0 radical (unpaired) electrons. The number of fused-ring (bicyclic) bond motifs is 1. The van der Waals surface area contributed by atoms with Gasteiger partial charge in [-0.05, 0) is 44.5 Å². The number of hydrogen-bond acceptors (Lipinski definition) is 2. The minimum atomic E-state index is -0.161. The van der Waals surface area contributed by atoms with Crippen LogP contribution >= 0.6 is 0 Å². The standard InChI is InChI=1S/C13H16FN3/c1-9-6-13-16-7-12(17(13)8-11(9)14)10-2-4-15-5-3-10/h6-8,10,15H,2-5H2,1H3. The van der Waals surface area contributed by atoms with Gasteiger partial charge in [0.05, 0.1) is 0 Å². The topological polar surface area (TPSA) is 29.3 Å². The summed E-state index contributed by atoms with van der Waals surface area (Å²) in [6, 6.07) is 1.81. The average molecular weight is 233 g/mol. The highest BCUT2D eigenvalue weighted by atomic mass is 19.1. The molecule has 0 amide bonds. The van der Waals surface area contributed by atoms with Crippen molar-refractivity contribution in [1.82, 2.24) is 14.7 Å². The van der Waals surface area contributed by atoms with E-state index in [2.05, 4.69) is 10.3 Å². The van der Waals surface area contributed by atoms with Gasteiger partial charge in [-0.2, -0.15) is 0 Å². The summed E-state index contributed by atoms with van der Waals surface area (Å²) in [6.07, 6.45) is 5.66. The maximum absolute atomic E-state index is 13.6. The summed E-state index contributed by atoms with van der Waals surface area (Å²) < 4.78 is 15.5. The number of pyridine rings is 1. The third-order valence-electron chi connectivity index (χ3n) is 3.58. The summed E-state index contributed by atoms with van der Waals surface area (Å²) in [5.41, 5.74) is 2.64. The van der Waals surface area contributed by atoms with E-state index in [-0.39, 0.29) is 5.82 Å². The normalized spacial score (nSPS) is 17.8. The van der Waals surface area contributed by atoms with Crippen molar-refractivity contribution < 1.29 is 4.39 Å². The van der Waals surface area contributed by atoms with Gasteiger partial charge >= 0.3 is 0 Å². The zero-order valence-electron chi connectivity index (χ0n) is 9.91. The second-order valence-electron chi connectivity index (χ2n) is 4.74. The molecule has 90 valence electrons. The molecule has 0 unspecified atom stereocenters. The van der Waals surface area contributed by atoms with E-state index in [0.717, 1.165) is 37.3 Å². The van der Waals surface area contributed by atoms with E-state index < -0.39 is 0 Å². The van der Waals surface area contributed by atoms with Crippen LogP contribution in [0.5, 0.6) is 0 Å². The first-order valence-corrected chi connectivity index (χ1v) is 6.09. The van der Waals surface area contributed by atoms with E-state index in [4.69, 9.17) is 0 Å². The average Bonchev–Trinajstić information content (AvgIpc) is 2.74. The number of rotatable bonds is 1. The third kappa shape index (κ3) is 1.82. The van der Waals surface area contributed by atoms with Crippen LogP contribution in [0, 0.1) is 12.7 Å². The molecule has 0 aromatic carbocycles. The van der Waals surface area contributed by atoms with Crippen LogP contribution in [0.15, 0.2) is 18.5 Å². The molecule has 3 rings (SSSR count). The molecule has 4 heteroatoms. The molecule has 17 heavy (non-hydrogen) atoms. The van der Waals surface area contributed by atoms with Gasteiger partial charge in [0, 0.05) is 24.0 Å². The smallest absolute Gasteiger partial charge is 0.142 e. The first kappa shape index (κ1) is 10.7. The largest absolute Gasteiger partial charge is 0.317 e. The van der Waals surface area contributed by atoms with E-state index in [1.807, 2.05) is 10.6 Å². The summed E-state index contributed by atoms with van der Waals surface area (Å²) in [5.74, 6) is 0.332. The van der Waals surface area contributed by atoms with Crippen molar-refractivity contribution in [2.75, 3.05) is 13.1 Å². The van der Waals surface area contributed by atoms with Crippen LogP contribution in [0.4, 0.5) is 4.39 Å². The minimum absolute atomic E-state index is 0.161. The Hall–Kier alpha value is -1.42. The molecule has 0 atom stereocenters. The van der Waals surface area contributed by atoms with Crippen molar-refractivity contribution in [3.63, 3.8) is 0 Å². The summed E-state index contributed by atoms with van der Waals surface area (Å²) in [4.78, 5) is 4.37. The van der Waals surface area contributed by atoms with Crippen LogP contribution in [-0.2, 0) is 0 Å². The van der Waals surface area contributed by atoms with Crippen LogP contribution in [0.2, 0.25) is 0 Å². The van der Waals surface area contributed by atoms with Crippen LogP contribution in [0.3, 0.4) is 0 Å². The van der Waals surface area contributed by atoms with E-state index in [9.17, 15) is 4.39 Å². The van der Waals surface area contributed by atoms with Crippen LogP contribution in [0.25, 0.3) is 5.65 Å². The Morgan fingerprint density at radius 2 is 2.18 bits per heavy atom. The molecular weight excluding hydrogens is 217 g/mol. The first-order chi connectivity index (χ1) is 8.25. The fourth-order valence-electron chi connectivity index (χ4n) is 2.53. The van der Waals surface area contributed by atoms with Crippen molar-refractivity contribution in [2.45, 2.75) is 25.7 Å². The van der Waals surface area contributed by atoms with Crippen molar-refractivity contribution in [3.05, 3.63) is 35.5 Å². The van der Waals surface area contributed by atoms with Gasteiger partial charge in [-0.25, -0.2) is 9.37 Å². The number of aromatic nitrogens is 2. The predicted octanol–water partition coefficient (Wildman–Crippen LogP) is 2.25. The molecule has 1 aliphatic heterocycles. The summed E-state index contributed by atoms with van der Waals surface area (Å²) in [5, 5.41) is 3.34. The van der Waals surface area contributed by atoms with Crippen LogP contribution in [-0.4, -0.2) is 22.5 Å². The summed E-state index contributed by atoms with van der Waals surface area (Å²) in [7, 11) is 0. The number of imidazole rings is 1.